The molecule has 0 saturated carbocycles. The zero-order valence-corrected chi connectivity index (χ0v) is 15.3. The molecule has 22 heavy (non-hydrogen) atoms. The van der Waals surface area contributed by atoms with Crippen LogP contribution >= 0.6 is 0 Å². The number of carbonyl (C=O) groups excluding carboxylic acids is 1. The highest BCUT2D eigenvalue weighted by Gasteiger charge is 1.99. The van der Waals surface area contributed by atoms with Crippen molar-refractivity contribution >= 4 is 5.97 Å². The third-order valence-electron chi connectivity index (χ3n) is 4.22. The van der Waals surface area contributed by atoms with E-state index in [1.54, 1.807) is 0 Å². The standard InChI is InChI=1S/C20H40O2/c1-3-5-6-7-8-9-10-11-12-13-14-15-16-17-19-22-20(21)18-4-2/h3-19H2,1-2H3. The Kier molecular flexibility index (Phi) is 18.1. The van der Waals surface area contributed by atoms with E-state index >= 15 is 0 Å². The van der Waals surface area contributed by atoms with Crippen molar-refractivity contribution in [3.8, 4) is 0 Å². The second-order valence-corrected chi connectivity index (χ2v) is 6.57. The van der Waals surface area contributed by atoms with E-state index in [1.807, 2.05) is 6.92 Å². The van der Waals surface area contributed by atoms with Gasteiger partial charge < -0.3 is 4.74 Å². The Morgan fingerprint density at radius 1 is 0.591 bits per heavy atom. The zero-order valence-electron chi connectivity index (χ0n) is 15.3. The van der Waals surface area contributed by atoms with Gasteiger partial charge in [-0.1, -0.05) is 97.3 Å². The first kappa shape index (κ1) is 21.5. The molecule has 2 heteroatoms. The molecule has 0 aliphatic rings. The lowest BCUT2D eigenvalue weighted by atomic mass is 10.0. The zero-order chi connectivity index (χ0) is 16.3. The van der Waals surface area contributed by atoms with Crippen LogP contribution in [0.2, 0.25) is 0 Å². The number of hydrogen-bond acceptors (Lipinski definition) is 2. The summed E-state index contributed by atoms with van der Waals surface area (Å²) >= 11 is 0. The number of ether oxygens (including phenoxy) is 1. The summed E-state index contributed by atoms with van der Waals surface area (Å²) < 4.78 is 5.15. The summed E-state index contributed by atoms with van der Waals surface area (Å²) in [6, 6.07) is 0. The van der Waals surface area contributed by atoms with Crippen molar-refractivity contribution in [3.63, 3.8) is 0 Å². The molecule has 0 fully saturated rings. The van der Waals surface area contributed by atoms with Crippen LogP contribution < -0.4 is 0 Å². The Morgan fingerprint density at radius 3 is 1.41 bits per heavy atom. The average molecular weight is 313 g/mol. The van der Waals surface area contributed by atoms with Gasteiger partial charge in [-0.3, -0.25) is 4.79 Å². The summed E-state index contributed by atoms with van der Waals surface area (Å²) in [5.74, 6) is -0.0304. The molecular formula is C20H40O2. The van der Waals surface area contributed by atoms with Gasteiger partial charge in [0.05, 0.1) is 6.61 Å². The Labute approximate surface area is 139 Å². The van der Waals surface area contributed by atoms with Crippen LogP contribution in [0, 0.1) is 0 Å². The highest BCUT2D eigenvalue weighted by atomic mass is 16.5. The second kappa shape index (κ2) is 18.5. The number of esters is 1. The summed E-state index contributed by atoms with van der Waals surface area (Å²) in [6.45, 7) is 4.91. The molecule has 0 rings (SSSR count). The van der Waals surface area contributed by atoms with Crippen molar-refractivity contribution in [2.24, 2.45) is 0 Å². The van der Waals surface area contributed by atoms with Gasteiger partial charge in [-0.25, -0.2) is 0 Å². The van der Waals surface area contributed by atoms with Gasteiger partial charge in [0.1, 0.15) is 0 Å². The Balaban J connectivity index is 3.01. The van der Waals surface area contributed by atoms with Crippen molar-refractivity contribution in [1.29, 1.82) is 0 Å². The van der Waals surface area contributed by atoms with E-state index in [0.717, 1.165) is 12.8 Å². The van der Waals surface area contributed by atoms with Crippen LogP contribution in [0.4, 0.5) is 0 Å². The third-order valence-corrected chi connectivity index (χ3v) is 4.22. The summed E-state index contributed by atoms with van der Waals surface area (Å²) in [5.41, 5.74) is 0. The fourth-order valence-electron chi connectivity index (χ4n) is 2.76. The first-order valence-electron chi connectivity index (χ1n) is 9.96. The molecule has 0 aliphatic carbocycles. The van der Waals surface area contributed by atoms with Crippen LogP contribution in [0.3, 0.4) is 0 Å². The third kappa shape index (κ3) is 17.5. The summed E-state index contributed by atoms with van der Waals surface area (Å²) in [6.07, 6.45) is 20.5. The SMILES string of the molecule is CCCCCCCCCCCCCCCCOC(=O)CCC. The van der Waals surface area contributed by atoms with Crippen LogP contribution in [-0.2, 0) is 9.53 Å². The lowest BCUT2D eigenvalue weighted by Gasteiger charge is -2.04. The number of rotatable bonds is 17. The Bertz CT molecular complexity index is 226. The molecule has 0 radical (unpaired) electrons. The fraction of sp³-hybridized carbons (Fsp3) is 0.950. The molecule has 132 valence electrons. The van der Waals surface area contributed by atoms with E-state index < -0.39 is 0 Å². The highest BCUT2D eigenvalue weighted by molar-refractivity contribution is 5.69. The van der Waals surface area contributed by atoms with E-state index in [1.165, 1.54) is 83.5 Å². The predicted molar refractivity (Wildman–Crippen MR) is 96.2 cm³/mol. The van der Waals surface area contributed by atoms with Crippen LogP contribution in [0.25, 0.3) is 0 Å². The molecule has 0 heterocycles. The summed E-state index contributed by atoms with van der Waals surface area (Å²) in [4.78, 5) is 11.2. The van der Waals surface area contributed by atoms with Crippen molar-refractivity contribution < 1.29 is 9.53 Å². The van der Waals surface area contributed by atoms with Gasteiger partial charge in [-0.2, -0.15) is 0 Å². The average Bonchev–Trinajstić information content (AvgIpc) is 2.51. The van der Waals surface area contributed by atoms with E-state index in [9.17, 15) is 4.79 Å². The van der Waals surface area contributed by atoms with Crippen LogP contribution in [0.1, 0.15) is 117 Å². The Morgan fingerprint density at radius 2 is 1.00 bits per heavy atom. The molecule has 0 amide bonds. The second-order valence-electron chi connectivity index (χ2n) is 6.57. The molecule has 0 spiro atoms. The van der Waals surface area contributed by atoms with Gasteiger partial charge in [0, 0.05) is 6.42 Å². The summed E-state index contributed by atoms with van der Waals surface area (Å²) in [7, 11) is 0. The molecular weight excluding hydrogens is 272 g/mol. The van der Waals surface area contributed by atoms with Gasteiger partial charge in [-0.05, 0) is 12.8 Å². The maximum atomic E-state index is 11.2. The van der Waals surface area contributed by atoms with Crippen molar-refractivity contribution in [2.45, 2.75) is 117 Å². The molecule has 0 aromatic carbocycles. The quantitative estimate of drug-likeness (QED) is 0.218. The van der Waals surface area contributed by atoms with Gasteiger partial charge in [0.25, 0.3) is 0 Å². The van der Waals surface area contributed by atoms with Crippen LogP contribution in [0.5, 0.6) is 0 Å². The summed E-state index contributed by atoms with van der Waals surface area (Å²) in [5, 5.41) is 0. The van der Waals surface area contributed by atoms with Gasteiger partial charge >= 0.3 is 5.97 Å². The molecule has 0 aromatic heterocycles. The minimum Gasteiger partial charge on any atom is -0.466 e. The van der Waals surface area contributed by atoms with Crippen LogP contribution in [0.15, 0.2) is 0 Å². The minimum atomic E-state index is -0.0304. The minimum absolute atomic E-state index is 0.0304. The lowest BCUT2D eigenvalue weighted by Crippen LogP contribution is -2.04. The molecule has 0 saturated heterocycles. The van der Waals surface area contributed by atoms with Crippen molar-refractivity contribution in [1.82, 2.24) is 0 Å². The molecule has 0 atom stereocenters. The number of unbranched alkanes of at least 4 members (excludes halogenated alkanes) is 13. The first-order valence-corrected chi connectivity index (χ1v) is 9.96. The number of hydrogen-bond donors (Lipinski definition) is 0. The van der Waals surface area contributed by atoms with E-state index in [-0.39, 0.29) is 5.97 Å². The normalized spacial score (nSPS) is 10.8. The highest BCUT2D eigenvalue weighted by Crippen LogP contribution is 2.12. The van der Waals surface area contributed by atoms with E-state index in [2.05, 4.69) is 6.92 Å². The molecule has 0 N–H and O–H groups in total. The molecule has 0 unspecified atom stereocenters. The molecule has 0 bridgehead atoms. The van der Waals surface area contributed by atoms with Gasteiger partial charge in [-0.15, -0.1) is 0 Å². The maximum absolute atomic E-state index is 11.2. The van der Waals surface area contributed by atoms with E-state index in [4.69, 9.17) is 4.74 Å². The molecule has 0 aliphatic heterocycles. The van der Waals surface area contributed by atoms with Crippen molar-refractivity contribution in [3.05, 3.63) is 0 Å². The van der Waals surface area contributed by atoms with Crippen LogP contribution in [-0.4, -0.2) is 12.6 Å². The smallest absolute Gasteiger partial charge is 0.305 e. The largest absolute Gasteiger partial charge is 0.466 e. The van der Waals surface area contributed by atoms with Crippen molar-refractivity contribution in [2.75, 3.05) is 6.61 Å². The monoisotopic (exact) mass is 312 g/mol. The lowest BCUT2D eigenvalue weighted by molar-refractivity contribution is -0.143. The van der Waals surface area contributed by atoms with Gasteiger partial charge in [0.2, 0.25) is 0 Å². The topological polar surface area (TPSA) is 26.3 Å². The van der Waals surface area contributed by atoms with Gasteiger partial charge in [0.15, 0.2) is 0 Å². The fourth-order valence-corrected chi connectivity index (χ4v) is 2.76. The molecule has 2 nitrogen and oxygen atoms in total. The predicted octanol–water partition coefficient (Wildman–Crippen LogP) is 6.81. The maximum Gasteiger partial charge on any atom is 0.305 e. The molecule has 0 aromatic rings. The first-order chi connectivity index (χ1) is 10.8. The number of carbonyl (C=O) groups is 1. The van der Waals surface area contributed by atoms with E-state index in [0.29, 0.717) is 13.0 Å². The Hall–Kier alpha value is -0.530.